The maximum absolute atomic E-state index is 13.3. The van der Waals surface area contributed by atoms with E-state index in [4.69, 9.17) is 14.2 Å². The lowest BCUT2D eigenvalue weighted by Gasteiger charge is -2.28. The van der Waals surface area contributed by atoms with Gasteiger partial charge < -0.3 is 24.1 Å². The number of carbonyl (C=O) groups is 1. The highest BCUT2D eigenvalue weighted by Gasteiger charge is 2.24. The second-order valence-electron chi connectivity index (χ2n) is 8.69. The molecule has 2 aromatic carbocycles. The number of aromatic nitrogens is 1. The van der Waals surface area contributed by atoms with E-state index in [2.05, 4.69) is 23.2 Å². The van der Waals surface area contributed by atoms with Crippen molar-refractivity contribution in [3.63, 3.8) is 0 Å². The lowest BCUT2D eigenvalue weighted by atomic mass is 9.94. The van der Waals surface area contributed by atoms with Crippen LogP contribution >= 0.6 is 0 Å². The number of aromatic amines is 1. The van der Waals surface area contributed by atoms with E-state index < -0.39 is 0 Å². The molecule has 1 amide bonds. The van der Waals surface area contributed by atoms with Gasteiger partial charge in [-0.3, -0.25) is 4.79 Å². The molecule has 0 spiro atoms. The molecule has 6 heteroatoms. The third kappa shape index (κ3) is 3.84. The molecule has 0 radical (unpaired) electrons. The van der Waals surface area contributed by atoms with E-state index in [-0.39, 0.29) is 5.91 Å². The summed E-state index contributed by atoms with van der Waals surface area (Å²) < 4.78 is 16.6. The number of hydrogen-bond acceptors (Lipinski definition) is 4. The number of carbonyl (C=O) groups excluding carboxylic acids is 1. The van der Waals surface area contributed by atoms with Gasteiger partial charge in [-0.15, -0.1) is 0 Å². The van der Waals surface area contributed by atoms with Gasteiger partial charge in [0.2, 0.25) is 0 Å². The lowest BCUT2D eigenvalue weighted by Crippen LogP contribution is -2.34. The van der Waals surface area contributed by atoms with Gasteiger partial charge in [-0.25, -0.2) is 0 Å². The van der Waals surface area contributed by atoms with E-state index >= 15 is 0 Å². The molecule has 1 aliphatic carbocycles. The average Bonchev–Trinajstić information content (AvgIpc) is 3.25. The van der Waals surface area contributed by atoms with Gasteiger partial charge in [-0.05, 0) is 61.4 Å². The Morgan fingerprint density at radius 2 is 1.70 bits per heavy atom. The molecule has 0 saturated heterocycles. The smallest absolute Gasteiger partial charge is 0.254 e. The second-order valence-corrected chi connectivity index (χ2v) is 8.69. The predicted molar refractivity (Wildman–Crippen MR) is 130 cm³/mol. The summed E-state index contributed by atoms with van der Waals surface area (Å²) in [6.07, 6.45) is 7.48. The number of fused-ring (bicyclic) bond motifs is 3. The summed E-state index contributed by atoms with van der Waals surface area (Å²) in [4.78, 5) is 18.8. The van der Waals surface area contributed by atoms with Crippen molar-refractivity contribution in [2.75, 3.05) is 34.4 Å². The number of rotatable bonds is 5. The summed E-state index contributed by atoms with van der Waals surface area (Å²) in [7, 11) is 4.91. The molecule has 3 aromatic rings. The number of nitrogens with zero attached hydrogens (tertiary/aromatic N) is 1. The number of aryl methyl sites for hydroxylation is 2. The Hall–Kier alpha value is -3.41. The first-order valence-corrected chi connectivity index (χ1v) is 11.5. The van der Waals surface area contributed by atoms with Crippen LogP contribution in [-0.4, -0.2) is 50.2 Å². The summed E-state index contributed by atoms with van der Waals surface area (Å²) in [5, 5.41) is 1.21. The first-order valence-electron chi connectivity index (χ1n) is 11.5. The van der Waals surface area contributed by atoms with Crippen molar-refractivity contribution in [1.29, 1.82) is 0 Å². The summed E-state index contributed by atoms with van der Waals surface area (Å²) >= 11 is 0. The van der Waals surface area contributed by atoms with Crippen molar-refractivity contribution in [3.05, 3.63) is 58.8 Å². The SMILES string of the molecule is COc1cc(OC)c(C2=CCN(C(=O)c3ccc4[nH]c5c(c4c3)CCCC5)CC2)c(OC)c1. The van der Waals surface area contributed by atoms with Crippen LogP contribution in [0.3, 0.4) is 0 Å². The summed E-state index contributed by atoms with van der Waals surface area (Å²) in [5.74, 6) is 2.18. The number of ether oxygens (including phenoxy) is 3. The van der Waals surface area contributed by atoms with E-state index in [0.717, 1.165) is 41.5 Å². The Kier molecular flexibility index (Phi) is 5.75. The largest absolute Gasteiger partial charge is 0.496 e. The molecule has 33 heavy (non-hydrogen) atoms. The standard InChI is InChI=1S/C27H30N2O4/c1-31-19-15-24(32-2)26(25(16-19)33-3)17-10-12-29(13-11-17)27(30)18-8-9-23-21(14-18)20-6-4-5-7-22(20)28-23/h8-10,14-16,28H,4-7,11-13H2,1-3H3. The Bertz CT molecular complexity index is 1220. The molecule has 1 aromatic heterocycles. The number of amides is 1. The number of hydrogen-bond donors (Lipinski definition) is 1. The van der Waals surface area contributed by atoms with Gasteiger partial charge in [0.1, 0.15) is 17.2 Å². The fourth-order valence-corrected chi connectivity index (χ4v) is 5.12. The average molecular weight is 447 g/mol. The summed E-state index contributed by atoms with van der Waals surface area (Å²) in [6.45, 7) is 1.20. The van der Waals surface area contributed by atoms with Gasteiger partial charge in [0.05, 0.1) is 26.9 Å². The Morgan fingerprint density at radius 3 is 2.36 bits per heavy atom. The number of H-pyrrole nitrogens is 1. The minimum absolute atomic E-state index is 0.0756. The van der Waals surface area contributed by atoms with Gasteiger partial charge in [-0.2, -0.15) is 0 Å². The van der Waals surface area contributed by atoms with Crippen molar-refractivity contribution >= 4 is 22.4 Å². The van der Waals surface area contributed by atoms with E-state index in [0.29, 0.717) is 30.3 Å². The van der Waals surface area contributed by atoms with E-state index in [1.165, 1.54) is 29.5 Å². The van der Waals surface area contributed by atoms with Crippen molar-refractivity contribution in [2.24, 2.45) is 0 Å². The molecule has 0 unspecified atom stereocenters. The maximum atomic E-state index is 13.3. The van der Waals surface area contributed by atoms with Crippen molar-refractivity contribution in [2.45, 2.75) is 32.1 Å². The Labute approximate surface area is 194 Å². The topological polar surface area (TPSA) is 63.8 Å². The van der Waals surface area contributed by atoms with Crippen LogP contribution in [0.4, 0.5) is 0 Å². The molecule has 0 fully saturated rings. The zero-order valence-electron chi connectivity index (χ0n) is 19.5. The van der Waals surface area contributed by atoms with Gasteiger partial charge in [-0.1, -0.05) is 6.08 Å². The third-order valence-electron chi connectivity index (χ3n) is 6.88. The highest BCUT2D eigenvalue weighted by molar-refractivity contribution is 5.99. The number of methoxy groups -OCH3 is 3. The number of benzene rings is 2. The van der Waals surface area contributed by atoms with Crippen molar-refractivity contribution < 1.29 is 19.0 Å². The molecule has 2 heterocycles. The molecule has 0 saturated carbocycles. The Morgan fingerprint density at radius 1 is 0.939 bits per heavy atom. The van der Waals surface area contributed by atoms with E-state index in [1.54, 1.807) is 21.3 Å². The minimum atomic E-state index is 0.0756. The van der Waals surface area contributed by atoms with Crippen LogP contribution in [0.5, 0.6) is 17.2 Å². The maximum Gasteiger partial charge on any atom is 0.254 e. The third-order valence-corrected chi connectivity index (χ3v) is 6.88. The minimum Gasteiger partial charge on any atom is -0.496 e. The van der Waals surface area contributed by atoms with Crippen molar-refractivity contribution in [1.82, 2.24) is 9.88 Å². The van der Waals surface area contributed by atoms with E-state index in [1.807, 2.05) is 23.1 Å². The molecule has 1 N–H and O–H groups in total. The van der Waals surface area contributed by atoms with Gasteiger partial charge in [0, 0.05) is 47.4 Å². The fourth-order valence-electron chi connectivity index (χ4n) is 5.12. The van der Waals surface area contributed by atoms with Gasteiger partial charge >= 0.3 is 0 Å². The van der Waals surface area contributed by atoms with E-state index in [9.17, 15) is 4.79 Å². The molecule has 2 aliphatic rings. The fraction of sp³-hybridized carbons (Fsp3) is 0.370. The molecular weight excluding hydrogens is 416 g/mol. The predicted octanol–water partition coefficient (Wildman–Crippen LogP) is 5.00. The van der Waals surface area contributed by atoms with Crippen LogP contribution in [0.25, 0.3) is 16.5 Å². The van der Waals surface area contributed by atoms with Crippen LogP contribution in [-0.2, 0) is 12.8 Å². The zero-order chi connectivity index (χ0) is 22.9. The highest BCUT2D eigenvalue weighted by atomic mass is 16.5. The molecule has 6 nitrogen and oxygen atoms in total. The highest BCUT2D eigenvalue weighted by Crippen LogP contribution is 2.41. The zero-order valence-corrected chi connectivity index (χ0v) is 19.5. The normalized spacial score (nSPS) is 15.7. The molecule has 0 atom stereocenters. The molecular formula is C27H30N2O4. The molecule has 0 bridgehead atoms. The molecule has 172 valence electrons. The van der Waals surface area contributed by atoms with Crippen LogP contribution < -0.4 is 14.2 Å². The molecule has 1 aliphatic heterocycles. The first-order chi connectivity index (χ1) is 16.1. The Balaban J connectivity index is 1.40. The lowest BCUT2D eigenvalue weighted by molar-refractivity contribution is 0.0773. The van der Waals surface area contributed by atoms with Crippen LogP contribution in [0.2, 0.25) is 0 Å². The quantitative estimate of drug-likeness (QED) is 0.599. The van der Waals surface area contributed by atoms with Gasteiger partial charge in [0.15, 0.2) is 0 Å². The first kappa shape index (κ1) is 21.4. The van der Waals surface area contributed by atoms with Crippen molar-refractivity contribution in [3.8, 4) is 17.2 Å². The monoisotopic (exact) mass is 446 g/mol. The molecule has 5 rings (SSSR count). The second kappa shape index (κ2) is 8.85. The van der Waals surface area contributed by atoms with Crippen LogP contribution in [0, 0.1) is 0 Å². The summed E-state index contributed by atoms with van der Waals surface area (Å²) in [5.41, 5.74) is 6.67. The van der Waals surface area contributed by atoms with Crippen LogP contribution in [0.15, 0.2) is 36.4 Å². The van der Waals surface area contributed by atoms with Crippen LogP contribution in [0.1, 0.15) is 46.4 Å². The number of nitrogens with one attached hydrogen (secondary N) is 1. The van der Waals surface area contributed by atoms with Gasteiger partial charge in [0.25, 0.3) is 5.91 Å². The summed E-state index contributed by atoms with van der Waals surface area (Å²) in [6, 6.07) is 9.81.